The zero-order valence-corrected chi connectivity index (χ0v) is 9.05. The van der Waals surface area contributed by atoms with Crippen molar-refractivity contribution in [3.8, 4) is 0 Å². The van der Waals surface area contributed by atoms with Gasteiger partial charge in [0, 0.05) is 6.54 Å². The first-order valence-electron chi connectivity index (χ1n) is 4.40. The smallest absolute Gasteiger partial charge is 0.480 e. The second-order valence-corrected chi connectivity index (χ2v) is 5.49. The molecule has 0 amide bonds. The normalized spacial score (nSPS) is 28.2. The molecule has 0 bridgehead atoms. The maximum absolute atomic E-state index is 12.2. The zero-order chi connectivity index (χ0) is 12.7. The average molecular weight is 261 g/mol. The van der Waals surface area contributed by atoms with Crippen LogP contribution in [0.15, 0.2) is 0 Å². The number of hydrogen-bond acceptors (Lipinski definition) is 3. The van der Waals surface area contributed by atoms with Crippen LogP contribution in [0.1, 0.15) is 13.3 Å². The van der Waals surface area contributed by atoms with Gasteiger partial charge in [0.15, 0.2) is 0 Å². The Morgan fingerprint density at radius 3 is 2.31 bits per heavy atom. The largest absolute Gasteiger partial charge is 0.511 e. The van der Waals surface area contributed by atoms with E-state index in [4.69, 9.17) is 5.11 Å². The van der Waals surface area contributed by atoms with Crippen molar-refractivity contribution in [2.24, 2.45) is 5.92 Å². The lowest BCUT2D eigenvalue weighted by molar-refractivity contribution is -0.142. The molecule has 94 valence electrons. The minimum atomic E-state index is -5.55. The van der Waals surface area contributed by atoms with Gasteiger partial charge >= 0.3 is 21.5 Å². The lowest BCUT2D eigenvalue weighted by Gasteiger charge is -2.23. The Hall–Kier alpha value is -0.830. The van der Waals surface area contributed by atoms with Crippen LogP contribution in [-0.4, -0.2) is 41.9 Å². The molecular weight excluding hydrogens is 251 g/mol. The van der Waals surface area contributed by atoms with Gasteiger partial charge in [0.2, 0.25) is 0 Å². The van der Waals surface area contributed by atoms with Crippen molar-refractivity contribution in [1.82, 2.24) is 4.31 Å². The number of hydrogen-bond donors (Lipinski definition) is 1. The average Bonchev–Trinajstić information content (AvgIpc) is 2.45. The van der Waals surface area contributed by atoms with Crippen molar-refractivity contribution >= 4 is 16.0 Å². The van der Waals surface area contributed by atoms with Crippen LogP contribution in [0.5, 0.6) is 0 Å². The number of carboxylic acid groups (broad SMARTS) is 1. The van der Waals surface area contributed by atoms with E-state index in [2.05, 4.69) is 0 Å². The monoisotopic (exact) mass is 261 g/mol. The molecule has 16 heavy (non-hydrogen) atoms. The Labute approximate surface area is 89.9 Å². The van der Waals surface area contributed by atoms with Crippen LogP contribution in [0.3, 0.4) is 0 Å². The summed E-state index contributed by atoms with van der Waals surface area (Å²) in [6.45, 7) is 0.991. The van der Waals surface area contributed by atoms with E-state index in [-0.39, 0.29) is 10.7 Å². The van der Waals surface area contributed by atoms with Gasteiger partial charge in [-0.1, -0.05) is 6.92 Å². The van der Waals surface area contributed by atoms with Gasteiger partial charge in [0.1, 0.15) is 6.04 Å². The number of sulfonamides is 1. The molecule has 2 unspecified atom stereocenters. The van der Waals surface area contributed by atoms with Gasteiger partial charge in [0.25, 0.3) is 0 Å². The van der Waals surface area contributed by atoms with Gasteiger partial charge in [-0.2, -0.15) is 17.5 Å². The third kappa shape index (κ3) is 2.01. The summed E-state index contributed by atoms with van der Waals surface area (Å²) in [7, 11) is -5.55. The first-order valence-corrected chi connectivity index (χ1v) is 5.84. The van der Waals surface area contributed by atoms with E-state index in [9.17, 15) is 26.4 Å². The fourth-order valence-electron chi connectivity index (χ4n) is 1.68. The Balaban J connectivity index is 3.11. The summed E-state index contributed by atoms with van der Waals surface area (Å²) >= 11 is 0. The molecule has 0 aromatic rings. The third-order valence-electron chi connectivity index (χ3n) is 2.51. The highest BCUT2D eigenvalue weighted by molar-refractivity contribution is 7.90. The third-order valence-corrected chi connectivity index (χ3v) is 4.12. The van der Waals surface area contributed by atoms with Gasteiger partial charge in [-0.3, -0.25) is 4.79 Å². The summed E-state index contributed by atoms with van der Waals surface area (Å²) < 4.78 is 58.8. The lowest BCUT2D eigenvalue weighted by atomic mass is 10.0. The van der Waals surface area contributed by atoms with Crippen LogP contribution in [0, 0.1) is 5.92 Å². The second-order valence-electron chi connectivity index (χ2n) is 3.61. The number of aliphatic carboxylic acids is 1. The van der Waals surface area contributed by atoms with Crippen LogP contribution in [0.4, 0.5) is 13.2 Å². The number of nitrogens with zero attached hydrogens (tertiary/aromatic N) is 1. The SMILES string of the molecule is CC1CCN(S(=O)(=O)C(F)(F)F)C1C(=O)O. The molecule has 1 N–H and O–H groups in total. The number of carboxylic acids is 1. The Kier molecular flexibility index (Phi) is 3.21. The van der Waals surface area contributed by atoms with Crippen LogP contribution < -0.4 is 0 Å². The maximum Gasteiger partial charge on any atom is 0.511 e. The molecule has 2 atom stereocenters. The van der Waals surface area contributed by atoms with Gasteiger partial charge in [-0.15, -0.1) is 0 Å². The maximum atomic E-state index is 12.2. The molecule has 0 radical (unpaired) electrons. The second kappa shape index (κ2) is 3.88. The molecule has 0 aromatic carbocycles. The molecule has 0 saturated carbocycles. The molecule has 0 spiro atoms. The number of halogens is 3. The zero-order valence-electron chi connectivity index (χ0n) is 8.23. The van der Waals surface area contributed by atoms with Gasteiger partial charge < -0.3 is 5.11 Å². The van der Waals surface area contributed by atoms with Crippen molar-refractivity contribution in [3.05, 3.63) is 0 Å². The topological polar surface area (TPSA) is 74.7 Å². The van der Waals surface area contributed by atoms with Gasteiger partial charge in [-0.05, 0) is 12.3 Å². The quantitative estimate of drug-likeness (QED) is 0.791. The predicted molar refractivity (Wildman–Crippen MR) is 46.9 cm³/mol. The van der Waals surface area contributed by atoms with Crippen molar-refractivity contribution < 1.29 is 31.5 Å². The van der Waals surface area contributed by atoms with E-state index in [0.717, 1.165) is 0 Å². The number of carbonyl (C=O) groups is 1. The summed E-state index contributed by atoms with van der Waals surface area (Å²) in [5.41, 5.74) is -5.45. The summed E-state index contributed by atoms with van der Waals surface area (Å²) in [6.07, 6.45) is 0.103. The van der Waals surface area contributed by atoms with E-state index in [1.54, 1.807) is 0 Å². The molecule has 0 aliphatic carbocycles. The van der Waals surface area contributed by atoms with Crippen LogP contribution in [0.2, 0.25) is 0 Å². The predicted octanol–water partition coefficient (Wildman–Crippen LogP) is 0.631. The summed E-state index contributed by atoms with van der Waals surface area (Å²) in [5.74, 6) is -2.19. The van der Waals surface area contributed by atoms with Crippen molar-refractivity contribution in [1.29, 1.82) is 0 Å². The molecule has 5 nitrogen and oxygen atoms in total. The number of rotatable bonds is 2. The van der Waals surface area contributed by atoms with Crippen molar-refractivity contribution in [2.45, 2.75) is 24.9 Å². The van der Waals surface area contributed by atoms with Crippen LogP contribution >= 0.6 is 0 Å². The molecule has 1 saturated heterocycles. The molecule has 9 heteroatoms. The van der Waals surface area contributed by atoms with Crippen molar-refractivity contribution in [2.75, 3.05) is 6.54 Å². The Morgan fingerprint density at radius 1 is 1.44 bits per heavy atom. The van der Waals surface area contributed by atoms with Gasteiger partial charge in [-0.25, -0.2) is 8.42 Å². The molecule has 1 rings (SSSR count). The van der Waals surface area contributed by atoms with Crippen LogP contribution in [0.25, 0.3) is 0 Å². The van der Waals surface area contributed by atoms with Crippen molar-refractivity contribution in [3.63, 3.8) is 0 Å². The summed E-state index contributed by atoms with van der Waals surface area (Å²) in [4.78, 5) is 10.7. The molecule has 1 fully saturated rings. The highest BCUT2D eigenvalue weighted by atomic mass is 32.2. The summed E-state index contributed by atoms with van der Waals surface area (Å²) in [5, 5.41) is 8.71. The molecular formula is C7H10F3NO4S. The minimum Gasteiger partial charge on any atom is -0.480 e. The van der Waals surface area contributed by atoms with Crippen LogP contribution in [-0.2, 0) is 14.8 Å². The van der Waals surface area contributed by atoms with E-state index in [1.165, 1.54) is 6.92 Å². The molecule has 0 aromatic heterocycles. The fraction of sp³-hybridized carbons (Fsp3) is 0.857. The fourth-order valence-corrected chi connectivity index (χ4v) is 2.89. The molecule has 1 aliphatic rings. The lowest BCUT2D eigenvalue weighted by Crippen LogP contribution is -2.47. The minimum absolute atomic E-state index is 0.0139. The highest BCUT2D eigenvalue weighted by Crippen LogP contribution is 2.34. The Bertz CT molecular complexity index is 391. The molecule has 1 heterocycles. The number of alkyl halides is 3. The standard InChI is InChI=1S/C7H10F3NO4S/c1-4-2-3-11(5(4)6(12)13)16(14,15)7(8,9)10/h4-5H,2-3H2,1H3,(H,12,13). The van der Waals surface area contributed by atoms with E-state index in [0.29, 0.717) is 0 Å². The van der Waals surface area contributed by atoms with Gasteiger partial charge in [0.05, 0.1) is 0 Å². The van der Waals surface area contributed by atoms with E-state index >= 15 is 0 Å². The molecule has 1 aliphatic heterocycles. The highest BCUT2D eigenvalue weighted by Gasteiger charge is 2.55. The first-order chi connectivity index (χ1) is 7.09. The van der Waals surface area contributed by atoms with E-state index < -0.39 is 40.0 Å². The summed E-state index contributed by atoms with van der Waals surface area (Å²) in [6, 6.07) is -1.63. The first kappa shape index (κ1) is 13.2. The van der Waals surface area contributed by atoms with E-state index in [1.807, 2.05) is 0 Å². The Morgan fingerprint density at radius 2 is 1.94 bits per heavy atom.